The Labute approximate surface area is 156 Å². The van der Waals surface area contributed by atoms with E-state index in [4.69, 9.17) is 0 Å². The Morgan fingerprint density at radius 2 is 1.64 bits per heavy atom. The van der Waals surface area contributed by atoms with Crippen LogP contribution in [-0.4, -0.2) is 21.4 Å². The van der Waals surface area contributed by atoms with Crippen LogP contribution in [0.2, 0.25) is 0 Å². The summed E-state index contributed by atoms with van der Waals surface area (Å²) in [6.07, 6.45) is -4.53. The highest BCUT2D eigenvalue weighted by molar-refractivity contribution is 6.02. The molecule has 0 aliphatic rings. The van der Waals surface area contributed by atoms with Crippen LogP contribution in [0, 0.1) is 6.92 Å². The van der Waals surface area contributed by atoms with Gasteiger partial charge in [-0.3, -0.25) is 14.2 Å². The van der Waals surface area contributed by atoms with E-state index >= 15 is 0 Å². The minimum absolute atomic E-state index is 0.0391. The van der Waals surface area contributed by atoms with Gasteiger partial charge in [-0.15, -0.1) is 0 Å². The van der Waals surface area contributed by atoms with Crippen LogP contribution in [-0.2, 0) is 6.18 Å². The summed E-state index contributed by atoms with van der Waals surface area (Å²) in [6, 6.07) is 7.97. The molecule has 0 aliphatic heterocycles. The summed E-state index contributed by atoms with van der Waals surface area (Å²) in [6.45, 7) is 2.73. The predicted molar refractivity (Wildman–Crippen MR) is 96.2 cm³/mol. The molecule has 2 aromatic carbocycles. The van der Waals surface area contributed by atoms with Crippen LogP contribution in [0.25, 0.3) is 16.6 Å². The van der Waals surface area contributed by atoms with Gasteiger partial charge in [-0.05, 0) is 61.9 Å². The number of aryl methyl sites for hydroxylation is 1. The number of aromatic carboxylic acids is 1. The second kappa shape index (κ2) is 6.63. The molecule has 0 atom stereocenters. The summed E-state index contributed by atoms with van der Waals surface area (Å²) in [5.41, 5.74) is -0.997. The standard InChI is InChI=1S/C20H14F3NO4/c1-10-15-9-12(19(27)28)3-8-16(15)24(18(26)17(10)11(2)25)14-6-4-13(5-7-14)20(21,22)23/h3-9H,1-2H3,(H,27,28). The van der Waals surface area contributed by atoms with E-state index in [1.54, 1.807) is 0 Å². The summed E-state index contributed by atoms with van der Waals surface area (Å²) >= 11 is 0. The number of rotatable bonds is 3. The van der Waals surface area contributed by atoms with Gasteiger partial charge in [-0.2, -0.15) is 13.2 Å². The lowest BCUT2D eigenvalue weighted by molar-refractivity contribution is -0.137. The second-order valence-electron chi connectivity index (χ2n) is 6.28. The van der Waals surface area contributed by atoms with Crippen molar-refractivity contribution in [3.63, 3.8) is 0 Å². The number of pyridine rings is 1. The maximum absolute atomic E-state index is 12.9. The third-order valence-corrected chi connectivity index (χ3v) is 4.49. The number of ketones is 1. The van der Waals surface area contributed by atoms with Gasteiger partial charge in [0.1, 0.15) is 0 Å². The van der Waals surface area contributed by atoms with E-state index in [0.29, 0.717) is 10.9 Å². The maximum Gasteiger partial charge on any atom is 0.416 e. The fourth-order valence-electron chi connectivity index (χ4n) is 3.15. The molecule has 144 valence electrons. The highest BCUT2D eigenvalue weighted by Crippen LogP contribution is 2.30. The number of benzene rings is 2. The van der Waals surface area contributed by atoms with Gasteiger partial charge in [0.25, 0.3) is 5.56 Å². The number of fused-ring (bicyclic) bond motifs is 1. The number of hydrogen-bond acceptors (Lipinski definition) is 3. The lowest BCUT2D eigenvalue weighted by Crippen LogP contribution is -2.26. The van der Waals surface area contributed by atoms with Crippen molar-refractivity contribution in [1.29, 1.82) is 0 Å². The summed E-state index contributed by atoms with van der Waals surface area (Å²) in [5, 5.41) is 9.57. The number of halogens is 3. The molecule has 1 N–H and O–H groups in total. The lowest BCUT2D eigenvalue weighted by atomic mass is 9.99. The molecule has 0 aliphatic carbocycles. The average Bonchev–Trinajstić information content (AvgIpc) is 2.61. The van der Waals surface area contributed by atoms with Crippen LogP contribution in [0.3, 0.4) is 0 Å². The molecule has 0 saturated heterocycles. The third-order valence-electron chi connectivity index (χ3n) is 4.49. The molecular formula is C20H14F3NO4. The molecule has 0 amide bonds. The van der Waals surface area contributed by atoms with Crippen molar-refractivity contribution in [3.8, 4) is 5.69 Å². The lowest BCUT2D eigenvalue weighted by Gasteiger charge is -2.16. The van der Waals surface area contributed by atoms with E-state index < -0.39 is 29.1 Å². The summed E-state index contributed by atoms with van der Waals surface area (Å²) in [4.78, 5) is 36.3. The summed E-state index contributed by atoms with van der Waals surface area (Å²) < 4.78 is 39.6. The van der Waals surface area contributed by atoms with Crippen LogP contribution in [0.5, 0.6) is 0 Å². The Kier molecular flexibility index (Phi) is 4.58. The van der Waals surface area contributed by atoms with Gasteiger partial charge in [0, 0.05) is 11.1 Å². The van der Waals surface area contributed by atoms with Crippen molar-refractivity contribution in [2.75, 3.05) is 0 Å². The van der Waals surface area contributed by atoms with Gasteiger partial charge in [0.2, 0.25) is 0 Å². The summed E-state index contributed by atoms with van der Waals surface area (Å²) in [5.74, 6) is -1.70. The molecule has 1 aromatic heterocycles. The fraction of sp³-hybridized carbons (Fsp3) is 0.150. The minimum atomic E-state index is -4.53. The first-order valence-corrected chi connectivity index (χ1v) is 8.13. The largest absolute Gasteiger partial charge is 0.478 e. The quantitative estimate of drug-likeness (QED) is 0.681. The van der Waals surface area contributed by atoms with Gasteiger partial charge in [-0.1, -0.05) is 0 Å². The normalized spacial score (nSPS) is 11.6. The Morgan fingerprint density at radius 1 is 1.04 bits per heavy atom. The molecular weight excluding hydrogens is 375 g/mol. The van der Waals surface area contributed by atoms with Crippen molar-refractivity contribution in [3.05, 3.63) is 75.1 Å². The minimum Gasteiger partial charge on any atom is -0.478 e. The van der Waals surface area contributed by atoms with Gasteiger partial charge < -0.3 is 5.11 Å². The zero-order valence-electron chi connectivity index (χ0n) is 14.8. The van der Waals surface area contributed by atoms with E-state index in [1.165, 1.54) is 32.0 Å². The first-order valence-electron chi connectivity index (χ1n) is 8.13. The van der Waals surface area contributed by atoms with Crippen LogP contribution in [0.4, 0.5) is 13.2 Å². The predicted octanol–water partition coefficient (Wildman–Crippen LogP) is 4.22. The molecule has 0 radical (unpaired) electrons. The van der Waals surface area contributed by atoms with E-state index in [1.807, 2.05) is 0 Å². The number of hydrogen-bond donors (Lipinski definition) is 1. The first kappa shape index (κ1) is 19.3. The van der Waals surface area contributed by atoms with Gasteiger partial charge in [0.15, 0.2) is 5.78 Å². The zero-order valence-corrected chi connectivity index (χ0v) is 14.8. The topological polar surface area (TPSA) is 76.4 Å². The van der Waals surface area contributed by atoms with Crippen molar-refractivity contribution in [2.24, 2.45) is 0 Å². The molecule has 5 nitrogen and oxygen atoms in total. The molecule has 0 saturated carbocycles. The number of aromatic nitrogens is 1. The van der Waals surface area contributed by atoms with Crippen molar-refractivity contribution in [1.82, 2.24) is 4.57 Å². The highest BCUT2D eigenvalue weighted by atomic mass is 19.4. The third kappa shape index (κ3) is 3.17. The van der Waals surface area contributed by atoms with Crippen LogP contribution in [0.1, 0.15) is 38.8 Å². The zero-order chi connectivity index (χ0) is 20.8. The van der Waals surface area contributed by atoms with Crippen molar-refractivity contribution >= 4 is 22.7 Å². The van der Waals surface area contributed by atoms with Crippen molar-refractivity contribution in [2.45, 2.75) is 20.0 Å². The molecule has 0 spiro atoms. The molecule has 28 heavy (non-hydrogen) atoms. The van der Waals surface area contributed by atoms with Gasteiger partial charge in [0.05, 0.1) is 22.2 Å². The Balaban J connectivity index is 2.40. The Hall–Kier alpha value is -3.42. The Bertz CT molecular complexity index is 1180. The summed E-state index contributed by atoms with van der Waals surface area (Å²) in [7, 11) is 0. The number of carboxylic acid groups (broad SMARTS) is 1. The molecule has 0 fully saturated rings. The monoisotopic (exact) mass is 389 g/mol. The highest BCUT2D eigenvalue weighted by Gasteiger charge is 2.30. The molecule has 3 aromatic rings. The Morgan fingerprint density at radius 3 is 2.14 bits per heavy atom. The molecule has 3 rings (SSSR count). The number of carboxylic acids is 1. The number of carbonyl (C=O) groups excluding carboxylic acids is 1. The smallest absolute Gasteiger partial charge is 0.416 e. The average molecular weight is 389 g/mol. The van der Waals surface area contributed by atoms with Crippen LogP contribution < -0.4 is 5.56 Å². The molecule has 0 bridgehead atoms. The van der Waals surface area contributed by atoms with Gasteiger partial charge >= 0.3 is 12.1 Å². The number of nitrogens with zero attached hydrogens (tertiary/aromatic N) is 1. The van der Waals surface area contributed by atoms with E-state index in [9.17, 15) is 32.7 Å². The van der Waals surface area contributed by atoms with E-state index in [2.05, 4.69) is 0 Å². The number of carbonyl (C=O) groups is 2. The fourth-order valence-corrected chi connectivity index (χ4v) is 3.15. The second-order valence-corrected chi connectivity index (χ2v) is 6.28. The SMILES string of the molecule is CC(=O)c1c(C)c2cc(C(=O)O)ccc2n(-c2ccc(C(F)(F)F)cc2)c1=O. The van der Waals surface area contributed by atoms with E-state index in [-0.39, 0.29) is 22.3 Å². The number of Topliss-reactive ketones (excluding diaryl/α,β-unsaturated/α-hetero) is 1. The van der Waals surface area contributed by atoms with Gasteiger partial charge in [-0.25, -0.2) is 4.79 Å². The van der Waals surface area contributed by atoms with Crippen LogP contribution in [0.15, 0.2) is 47.3 Å². The number of alkyl halides is 3. The molecule has 8 heteroatoms. The maximum atomic E-state index is 12.9. The molecule has 1 heterocycles. The first-order chi connectivity index (χ1) is 13.0. The van der Waals surface area contributed by atoms with Crippen LogP contribution >= 0.6 is 0 Å². The van der Waals surface area contributed by atoms with E-state index in [0.717, 1.165) is 28.8 Å². The molecule has 0 unspecified atom stereocenters. The van der Waals surface area contributed by atoms with Crippen molar-refractivity contribution < 1.29 is 27.9 Å².